The molecule has 31 heavy (non-hydrogen) atoms. The number of benzene rings is 3. The van der Waals surface area contributed by atoms with Crippen LogP contribution in [0.15, 0.2) is 76.3 Å². The third kappa shape index (κ3) is 3.24. The molecule has 0 fully saturated rings. The molecule has 0 spiro atoms. The van der Waals surface area contributed by atoms with Gasteiger partial charge in [-0.2, -0.15) is 5.26 Å². The summed E-state index contributed by atoms with van der Waals surface area (Å²) in [5.41, 5.74) is 1.70. The van der Waals surface area contributed by atoms with E-state index in [1.807, 2.05) is 18.2 Å². The summed E-state index contributed by atoms with van der Waals surface area (Å²) in [4.78, 5) is 26.6. The van der Waals surface area contributed by atoms with Crippen LogP contribution >= 0.6 is 0 Å². The van der Waals surface area contributed by atoms with E-state index in [0.717, 1.165) is 5.56 Å². The van der Waals surface area contributed by atoms with Gasteiger partial charge in [0, 0.05) is 0 Å². The molecule has 0 atom stereocenters. The standard InChI is InChI=1S/C24H17N3O4/c25-12-17-5-1-2-6-18(17)14-26-20-8-4-3-7-19(20)23(28)27(24(26)29)13-16-9-10-21-22(11-16)31-15-30-21/h1-11H,13-15H2. The summed E-state index contributed by atoms with van der Waals surface area (Å²) < 4.78 is 13.5. The monoisotopic (exact) mass is 411 g/mol. The van der Waals surface area contributed by atoms with Gasteiger partial charge in [0.05, 0.1) is 35.6 Å². The molecule has 0 saturated heterocycles. The predicted octanol–water partition coefficient (Wildman–Crippen LogP) is 2.86. The van der Waals surface area contributed by atoms with Gasteiger partial charge in [0.25, 0.3) is 5.56 Å². The lowest BCUT2D eigenvalue weighted by Gasteiger charge is -2.15. The summed E-state index contributed by atoms with van der Waals surface area (Å²) in [7, 11) is 0. The molecule has 152 valence electrons. The van der Waals surface area contributed by atoms with Crippen molar-refractivity contribution in [2.24, 2.45) is 0 Å². The lowest BCUT2D eigenvalue weighted by Crippen LogP contribution is -2.40. The lowest BCUT2D eigenvalue weighted by atomic mass is 10.1. The molecule has 7 heteroatoms. The zero-order valence-corrected chi connectivity index (χ0v) is 16.4. The van der Waals surface area contributed by atoms with Gasteiger partial charge in [0.1, 0.15) is 0 Å². The highest BCUT2D eigenvalue weighted by atomic mass is 16.7. The van der Waals surface area contributed by atoms with Crippen molar-refractivity contribution in [3.05, 3.63) is 104 Å². The smallest absolute Gasteiger partial charge is 0.332 e. The maximum atomic E-state index is 13.4. The first-order chi connectivity index (χ1) is 15.2. The molecule has 0 radical (unpaired) electrons. The van der Waals surface area contributed by atoms with Crippen LogP contribution in [0.3, 0.4) is 0 Å². The first-order valence-corrected chi connectivity index (χ1v) is 9.74. The van der Waals surface area contributed by atoms with Crippen molar-refractivity contribution in [3.8, 4) is 17.6 Å². The lowest BCUT2D eigenvalue weighted by molar-refractivity contribution is 0.174. The Balaban J connectivity index is 1.67. The maximum Gasteiger partial charge on any atom is 0.332 e. The minimum atomic E-state index is -0.436. The number of nitriles is 1. The van der Waals surface area contributed by atoms with Gasteiger partial charge in [0.15, 0.2) is 11.5 Å². The van der Waals surface area contributed by atoms with E-state index in [2.05, 4.69) is 6.07 Å². The Morgan fingerprint density at radius 3 is 2.52 bits per heavy atom. The zero-order valence-electron chi connectivity index (χ0n) is 16.4. The highest BCUT2D eigenvalue weighted by Crippen LogP contribution is 2.32. The number of nitrogens with zero attached hydrogens (tertiary/aromatic N) is 3. The molecule has 1 aliphatic rings. The van der Waals surface area contributed by atoms with E-state index in [-0.39, 0.29) is 25.4 Å². The number of hydrogen-bond acceptors (Lipinski definition) is 5. The van der Waals surface area contributed by atoms with E-state index in [4.69, 9.17) is 9.47 Å². The highest BCUT2D eigenvalue weighted by molar-refractivity contribution is 5.78. The highest BCUT2D eigenvalue weighted by Gasteiger charge is 2.17. The molecule has 2 heterocycles. The van der Waals surface area contributed by atoms with Gasteiger partial charge in [-0.25, -0.2) is 4.79 Å². The second kappa shape index (κ2) is 7.50. The van der Waals surface area contributed by atoms with Crippen LogP contribution in [-0.2, 0) is 13.1 Å². The molecule has 0 amide bonds. The van der Waals surface area contributed by atoms with E-state index in [1.54, 1.807) is 53.1 Å². The second-order valence-corrected chi connectivity index (χ2v) is 7.23. The number of aromatic nitrogens is 2. The number of hydrogen-bond donors (Lipinski definition) is 0. The first kappa shape index (κ1) is 18.7. The van der Waals surface area contributed by atoms with Crippen molar-refractivity contribution < 1.29 is 9.47 Å². The molecule has 1 aromatic heterocycles. The fourth-order valence-corrected chi connectivity index (χ4v) is 3.82. The normalized spacial score (nSPS) is 12.1. The maximum absolute atomic E-state index is 13.4. The van der Waals surface area contributed by atoms with Crippen LogP contribution in [0.1, 0.15) is 16.7 Å². The van der Waals surface area contributed by atoms with E-state index in [0.29, 0.717) is 33.5 Å². The molecule has 0 saturated carbocycles. The topological polar surface area (TPSA) is 86.2 Å². The van der Waals surface area contributed by atoms with Crippen molar-refractivity contribution in [1.82, 2.24) is 9.13 Å². The Kier molecular flexibility index (Phi) is 4.53. The van der Waals surface area contributed by atoms with Crippen LogP contribution in [0.25, 0.3) is 10.9 Å². The van der Waals surface area contributed by atoms with Crippen LogP contribution in [0, 0.1) is 11.3 Å². The Morgan fingerprint density at radius 1 is 0.871 bits per heavy atom. The van der Waals surface area contributed by atoms with Gasteiger partial charge in [-0.15, -0.1) is 0 Å². The minimum absolute atomic E-state index is 0.0963. The van der Waals surface area contributed by atoms with Crippen molar-refractivity contribution in [1.29, 1.82) is 5.26 Å². The summed E-state index contributed by atoms with van der Waals surface area (Å²) in [5, 5.41) is 9.88. The SMILES string of the molecule is N#Cc1ccccc1Cn1c(=O)n(Cc2ccc3c(c2)OCO3)c(=O)c2ccccc21. The van der Waals surface area contributed by atoms with Crippen LogP contribution < -0.4 is 20.7 Å². The van der Waals surface area contributed by atoms with E-state index in [9.17, 15) is 14.9 Å². The first-order valence-electron chi connectivity index (χ1n) is 9.74. The molecule has 4 aromatic rings. The Bertz CT molecular complexity index is 1480. The Morgan fingerprint density at radius 2 is 1.65 bits per heavy atom. The van der Waals surface area contributed by atoms with Crippen LogP contribution in [0.4, 0.5) is 0 Å². The number of rotatable bonds is 4. The quantitative estimate of drug-likeness (QED) is 0.515. The summed E-state index contributed by atoms with van der Waals surface area (Å²) >= 11 is 0. The van der Waals surface area contributed by atoms with Crippen LogP contribution in [0.2, 0.25) is 0 Å². The van der Waals surface area contributed by atoms with E-state index >= 15 is 0 Å². The fraction of sp³-hybridized carbons (Fsp3) is 0.125. The molecule has 1 aliphatic heterocycles. The molecule has 0 aliphatic carbocycles. The Hall–Kier alpha value is -4.31. The van der Waals surface area contributed by atoms with Crippen LogP contribution in [0.5, 0.6) is 11.5 Å². The zero-order chi connectivity index (χ0) is 21.4. The molecular formula is C24H17N3O4. The summed E-state index contributed by atoms with van der Waals surface area (Å²) in [6.07, 6.45) is 0. The van der Waals surface area contributed by atoms with Crippen molar-refractivity contribution in [2.45, 2.75) is 13.1 Å². The van der Waals surface area contributed by atoms with Gasteiger partial charge in [-0.3, -0.25) is 13.9 Å². The molecule has 7 nitrogen and oxygen atoms in total. The van der Waals surface area contributed by atoms with Gasteiger partial charge in [-0.05, 0) is 41.5 Å². The average Bonchev–Trinajstić information content (AvgIpc) is 3.27. The van der Waals surface area contributed by atoms with Crippen molar-refractivity contribution in [2.75, 3.05) is 6.79 Å². The third-order valence-electron chi connectivity index (χ3n) is 5.38. The van der Waals surface area contributed by atoms with E-state index in [1.165, 1.54) is 4.57 Å². The molecule has 0 bridgehead atoms. The Labute approximate surface area is 176 Å². The largest absolute Gasteiger partial charge is 0.454 e. The van der Waals surface area contributed by atoms with Crippen molar-refractivity contribution in [3.63, 3.8) is 0 Å². The van der Waals surface area contributed by atoms with Crippen LogP contribution in [-0.4, -0.2) is 15.9 Å². The van der Waals surface area contributed by atoms with E-state index < -0.39 is 5.69 Å². The molecule has 5 rings (SSSR count). The van der Waals surface area contributed by atoms with Gasteiger partial charge in [0.2, 0.25) is 6.79 Å². The summed E-state index contributed by atoms with van der Waals surface area (Å²) in [6.45, 7) is 0.434. The van der Waals surface area contributed by atoms with Crippen molar-refractivity contribution >= 4 is 10.9 Å². The molecule has 0 N–H and O–H groups in total. The molecule has 3 aromatic carbocycles. The summed E-state index contributed by atoms with van der Waals surface area (Å²) in [6, 6.07) is 21.7. The van der Waals surface area contributed by atoms with Gasteiger partial charge >= 0.3 is 5.69 Å². The fourth-order valence-electron chi connectivity index (χ4n) is 3.82. The van der Waals surface area contributed by atoms with Gasteiger partial charge < -0.3 is 9.47 Å². The van der Waals surface area contributed by atoms with Gasteiger partial charge in [-0.1, -0.05) is 36.4 Å². The third-order valence-corrected chi connectivity index (χ3v) is 5.38. The molecule has 0 unspecified atom stereocenters. The summed E-state index contributed by atoms with van der Waals surface area (Å²) in [5.74, 6) is 1.23. The number of ether oxygens (including phenoxy) is 2. The molecular weight excluding hydrogens is 394 g/mol. The minimum Gasteiger partial charge on any atom is -0.454 e. The number of para-hydroxylation sites is 1. The second-order valence-electron chi connectivity index (χ2n) is 7.23. The average molecular weight is 411 g/mol. The predicted molar refractivity (Wildman–Crippen MR) is 114 cm³/mol. The number of fused-ring (bicyclic) bond motifs is 2.